The molecule has 0 spiro atoms. The van der Waals surface area contributed by atoms with Gasteiger partial charge >= 0.3 is 0 Å². The summed E-state index contributed by atoms with van der Waals surface area (Å²) in [7, 11) is 3.76. The van der Waals surface area contributed by atoms with E-state index in [9.17, 15) is 9.59 Å². The van der Waals surface area contributed by atoms with Crippen molar-refractivity contribution in [2.45, 2.75) is 62.8 Å². The normalized spacial score (nSPS) is 27.4. The molecule has 0 radical (unpaired) electrons. The van der Waals surface area contributed by atoms with Gasteiger partial charge < -0.3 is 20.1 Å². The van der Waals surface area contributed by atoms with Gasteiger partial charge in [-0.15, -0.1) is 0 Å². The number of methoxy groups -OCH3 is 1. The van der Waals surface area contributed by atoms with Crippen LogP contribution in [0.15, 0.2) is 24.3 Å². The van der Waals surface area contributed by atoms with Gasteiger partial charge in [-0.05, 0) is 50.4 Å². The molecule has 0 aromatic heterocycles. The van der Waals surface area contributed by atoms with Crippen LogP contribution in [0.4, 0.5) is 0 Å². The lowest BCUT2D eigenvalue weighted by atomic mass is 10.0. The SMILES string of the molecule is COc1ccc(CNC(=O)CC[C@H]2CNC(=O)[C@@H]3[C@H](CCN3C3CCOCC3)N2C)cc1. The van der Waals surface area contributed by atoms with E-state index in [-0.39, 0.29) is 29.9 Å². The molecule has 0 saturated carbocycles. The molecule has 3 heterocycles. The van der Waals surface area contributed by atoms with E-state index >= 15 is 0 Å². The lowest BCUT2D eigenvalue weighted by molar-refractivity contribution is -0.127. The molecule has 3 aliphatic heterocycles. The molecule has 3 fully saturated rings. The van der Waals surface area contributed by atoms with Gasteiger partial charge in [-0.3, -0.25) is 19.4 Å². The highest BCUT2D eigenvalue weighted by molar-refractivity contribution is 5.83. The van der Waals surface area contributed by atoms with E-state index in [0.29, 0.717) is 25.6 Å². The van der Waals surface area contributed by atoms with Crippen molar-refractivity contribution in [2.75, 3.05) is 40.5 Å². The fourth-order valence-corrected chi connectivity index (χ4v) is 5.35. The zero-order valence-corrected chi connectivity index (χ0v) is 19.2. The van der Waals surface area contributed by atoms with Gasteiger partial charge in [-0.25, -0.2) is 0 Å². The van der Waals surface area contributed by atoms with E-state index in [0.717, 1.165) is 56.8 Å². The molecule has 2 amide bonds. The van der Waals surface area contributed by atoms with E-state index in [1.807, 2.05) is 24.3 Å². The third-order valence-corrected chi connectivity index (χ3v) is 7.30. The highest BCUT2D eigenvalue weighted by atomic mass is 16.5. The number of hydrogen-bond donors (Lipinski definition) is 2. The summed E-state index contributed by atoms with van der Waals surface area (Å²) in [5.41, 5.74) is 1.04. The number of likely N-dealkylation sites (tertiary alicyclic amines) is 1. The number of benzene rings is 1. The van der Waals surface area contributed by atoms with Gasteiger partial charge in [-0.1, -0.05) is 12.1 Å². The van der Waals surface area contributed by atoms with Gasteiger partial charge in [0.15, 0.2) is 0 Å². The van der Waals surface area contributed by atoms with Crippen LogP contribution in [-0.2, 0) is 20.9 Å². The number of hydrogen-bond acceptors (Lipinski definition) is 6. The number of ether oxygens (including phenoxy) is 2. The first-order chi connectivity index (χ1) is 15.6. The smallest absolute Gasteiger partial charge is 0.239 e. The van der Waals surface area contributed by atoms with E-state index in [1.54, 1.807) is 7.11 Å². The second-order valence-electron chi connectivity index (χ2n) is 9.11. The predicted octanol–water partition coefficient (Wildman–Crippen LogP) is 1.14. The van der Waals surface area contributed by atoms with Crippen molar-refractivity contribution < 1.29 is 19.1 Å². The van der Waals surface area contributed by atoms with E-state index in [1.165, 1.54) is 0 Å². The van der Waals surface area contributed by atoms with Crippen LogP contribution in [0.1, 0.15) is 37.7 Å². The van der Waals surface area contributed by atoms with Crippen LogP contribution in [0.2, 0.25) is 0 Å². The maximum atomic E-state index is 13.0. The number of fused-ring (bicyclic) bond motifs is 1. The summed E-state index contributed by atoms with van der Waals surface area (Å²) in [6.45, 7) is 3.61. The van der Waals surface area contributed by atoms with Gasteiger partial charge in [0.1, 0.15) is 11.8 Å². The Labute approximate surface area is 190 Å². The van der Waals surface area contributed by atoms with Crippen molar-refractivity contribution in [3.05, 3.63) is 29.8 Å². The zero-order valence-electron chi connectivity index (χ0n) is 19.2. The first-order valence-corrected chi connectivity index (χ1v) is 11.8. The van der Waals surface area contributed by atoms with Crippen LogP contribution in [0.3, 0.4) is 0 Å². The summed E-state index contributed by atoms with van der Waals surface area (Å²) in [4.78, 5) is 30.2. The van der Waals surface area contributed by atoms with Crippen molar-refractivity contribution in [1.29, 1.82) is 0 Å². The molecule has 3 atom stereocenters. The first-order valence-electron chi connectivity index (χ1n) is 11.8. The van der Waals surface area contributed by atoms with Crippen LogP contribution in [0, 0.1) is 0 Å². The minimum atomic E-state index is -0.100. The Hall–Kier alpha value is -2.16. The second-order valence-corrected chi connectivity index (χ2v) is 9.11. The molecule has 1 aromatic carbocycles. The fourth-order valence-electron chi connectivity index (χ4n) is 5.35. The Morgan fingerprint density at radius 2 is 1.97 bits per heavy atom. The number of amides is 2. The quantitative estimate of drug-likeness (QED) is 0.657. The Bertz CT molecular complexity index is 781. The minimum absolute atomic E-state index is 0.0385. The van der Waals surface area contributed by atoms with Crippen LogP contribution in [0.5, 0.6) is 5.75 Å². The van der Waals surface area contributed by atoms with Crippen molar-refractivity contribution in [3.63, 3.8) is 0 Å². The van der Waals surface area contributed by atoms with Crippen LogP contribution < -0.4 is 15.4 Å². The molecule has 0 bridgehead atoms. The van der Waals surface area contributed by atoms with Gasteiger partial charge in [0.25, 0.3) is 0 Å². The van der Waals surface area contributed by atoms with Crippen LogP contribution in [-0.4, -0.2) is 86.2 Å². The molecule has 0 aliphatic carbocycles. The van der Waals surface area contributed by atoms with Crippen molar-refractivity contribution in [2.24, 2.45) is 0 Å². The fraction of sp³-hybridized carbons (Fsp3) is 0.667. The number of carbonyl (C=O) groups excluding carboxylic acids is 2. The monoisotopic (exact) mass is 444 g/mol. The van der Waals surface area contributed by atoms with E-state index < -0.39 is 0 Å². The lowest BCUT2D eigenvalue weighted by Crippen LogP contribution is -2.53. The molecular formula is C24H36N4O4. The molecule has 8 heteroatoms. The maximum Gasteiger partial charge on any atom is 0.239 e. The summed E-state index contributed by atoms with van der Waals surface area (Å²) < 4.78 is 10.7. The minimum Gasteiger partial charge on any atom is -0.497 e. The average molecular weight is 445 g/mol. The Balaban J connectivity index is 1.29. The molecule has 2 N–H and O–H groups in total. The van der Waals surface area contributed by atoms with Crippen molar-refractivity contribution in [3.8, 4) is 5.75 Å². The molecular weight excluding hydrogens is 408 g/mol. The lowest BCUT2D eigenvalue weighted by Gasteiger charge is -2.37. The topological polar surface area (TPSA) is 83.1 Å². The molecule has 32 heavy (non-hydrogen) atoms. The molecule has 3 aliphatic rings. The summed E-state index contributed by atoms with van der Waals surface area (Å²) in [5, 5.41) is 6.17. The second kappa shape index (κ2) is 10.6. The van der Waals surface area contributed by atoms with Crippen molar-refractivity contribution in [1.82, 2.24) is 20.4 Å². The molecule has 1 aromatic rings. The Morgan fingerprint density at radius 3 is 2.69 bits per heavy atom. The van der Waals surface area contributed by atoms with Crippen LogP contribution in [0.25, 0.3) is 0 Å². The first kappa shape index (κ1) is 23.0. The highest BCUT2D eigenvalue weighted by Gasteiger charge is 2.47. The van der Waals surface area contributed by atoms with Crippen molar-refractivity contribution >= 4 is 11.8 Å². The summed E-state index contributed by atoms with van der Waals surface area (Å²) in [5.74, 6) is 0.980. The molecule has 4 rings (SSSR count). The number of carbonyl (C=O) groups is 2. The van der Waals surface area contributed by atoms with E-state index in [4.69, 9.17) is 9.47 Å². The number of nitrogens with zero attached hydrogens (tertiary/aromatic N) is 2. The molecule has 0 unspecified atom stereocenters. The number of likely N-dealkylation sites (N-methyl/N-ethyl adjacent to an activating group) is 1. The van der Waals surface area contributed by atoms with E-state index in [2.05, 4.69) is 27.5 Å². The Kier molecular flexibility index (Phi) is 7.65. The predicted molar refractivity (Wildman–Crippen MR) is 121 cm³/mol. The molecule has 3 saturated heterocycles. The van der Waals surface area contributed by atoms with Gasteiger partial charge in [0.2, 0.25) is 11.8 Å². The summed E-state index contributed by atoms with van der Waals surface area (Å²) >= 11 is 0. The van der Waals surface area contributed by atoms with Gasteiger partial charge in [-0.2, -0.15) is 0 Å². The third kappa shape index (κ3) is 5.24. The third-order valence-electron chi connectivity index (χ3n) is 7.30. The summed E-state index contributed by atoms with van der Waals surface area (Å²) in [6, 6.07) is 8.40. The maximum absolute atomic E-state index is 13.0. The Morgan fingerprint density at radius 1 is 1.22 bits per heavy atom. The van der Waals surface area contributed by atoms with Gasteiger partial charge in [0.05, 0.1) is 7.11 Å². The van der Waals surface area contributed by atoms with Crippen LogP contribution >= 0.6 is 0 Å². The van der Waals surface area contributed by atoms with Gasteiger partial charge in [0, 0.05) is 57.4 Å². The summed E-state index contributed by atoms with van der Waals surface area (Å²) in [6.07, 6.45) is 4.16. The standard InChI is InChI=1S/C24H36N4O4/c1-27-19(5-8-22(29)25-15-17-3-6-20(31-2)7-4-17)16-26-24(30)23-21(27)9-12-28(23)18-10-13-32-14-11-18/h3-4,6-7,18-19,21,23H,5,8-16H2,1-2H3,(H,25,29)(H,26,30)/t19-,21-,23-/m0/s1. The molecule has 176 valence electrons. The average Bonchev–Trinajstić information content (AvgIpc) is 3.24. The zero-order chi connectivity index (χ0) is 22.5. The molecule has 8 nitrogen and oxygen atoms in total. The number of nitrogens with one attached hydrogen (secondary N) is 2. The largest absolute Gasteiger partial charge is 0.497 e. The highest BCUT2D eigenvalue weighted by Crippen LogP contribution is 2.31. The number of rotatable bonds is 7.